The number of ether oxygens (including phenoxy) is 2. The number of hydrogen-bond donors (Lipinski definition) is 1. The van der Waals surface area contributed by atoms with Gasteiger partial charge in [-0.05, 0) is 83.6 Å². The van der Waals surface area contributed by atoms with Gasteiger partial charge in [0.05, 0.1) is 13.0 Å². The summed E-state index contributed by atoms with van der Waals surface area (Å²) in [6.07, 6.45) is 11.8. The van der Waals surface area contributed by atoms with Crippen molar-refractivity contribution in [2.24, 2.45) is 23.7 Å². The molecular formula is C36H61N5O5. The average molecular weight is 644 g/mol. The summed E-state index contributed by atoms with van der Waals surface area (Å²) >= 11 is 0. The number of rotatable bonds is 7. The van der Waals surface area contributed by atoms with Gasteiger partial charge in [0.15, 0.2) is 0 Å². The lowest BCUT2D eigenvalue weighted by Gasteiger charge is -2.55. The topological polar surface area (TPSA) is 94.7 Å². The minimum absolute atomic E-state index is 0.0719. The second-order valence-corrected chi connectivity index (χ2v) is 16.1. The van der Waals surface area contributed by atoms with Crippen LogP contribution in [0.15, 0.2) is 0 Å². The number of hydrogen-bond acceptors (Lipinski definition) is 7. The third-order valence-electron chi connectivity index (χ3n) is 13.4. The fourth-order valence-corrected chi connectivity index (χ4v) is 10.4. The molecule has 46 heavy (non-hydrogen) atoms. The molecule has 10 heteroatoms. The van der Waals surface area contributed by atoms with Gasteiger partial charge in [-0.2, -0.15) is 0 Å². The number of unbranched alkanes of at least 4 members (excludes halogenated alkanes) is 1. The highest BCUT2D eigenvalue weighted by Crippen LogP contribution is 2.45. The van der Waals surface area contributed by atoms with Gasteiger partial charge in [-0.15, -0.1) is 0 Å². The molecule has 0 aliphatic carbocycles. The number of piperidine rings is 4. The number of amides is 3. The molecule has 0 aromatic carbocycles. The van der Waals surface area contributed by atoms with Crippen molar-refractivity contribution < 1.29 is 23.9 Å². The van der Waals surface area contributed by atoms with E-state index in [4.69, 9.17) is 9.47 Å². The summed E-state index contributed by atoms with van der Waals surface area (Å²) in [6.45, 7) is 15.1. The zero-order valence-corrected chi connectivity index (χ0v) is 29.3. The molecule has 0 aromatic heterocycles. The molecule has 1 spiro atoms. The standard InChI is InChI=1S/C36H61N5O5/c1-6-7-8-28-24-39(23-27-21-29-9-10-30(22-27)41(29)34(44)45-5)33(43)46-36(28)14-19-40(20-15-36)35(4)12-17-38(18-13-35)32(42)31-25(2)11-16-37-26(31)3/h25-31,37H,6-24H2,1-5H3/t25?,26-,27-,28?,29-,30+,31?/m0/s1. The molecule has 10 nitrogen and oxygen atoms in total. The van der Waals surface area contributed by atoms with Crippen LogP contribution in [0.5, 0.6) is 0 Å². The SMILES string of the molecule is CCCCC1CN(C[C@@H]2C[C@H]3CC[C@@H](C2)N3C(=O)OC)C(=O)OC12CCN(C1(C)CCN(C(=O)C3C(C)CCN[C@H]3C)CC1)CC2. The lowest BCUT2D eigenvalue weighted by Crippen LogP contribution is -2.64. The summed E-state index contributed by atoms with van der Waals surface area (Å²) < 4.78 is 11.6. The van der Waals surface area contributed by atoms with Crippen molar-refractivity contribution in [1.29, 1.82) is 0 Å². The monoisotopic (exact) mass is 643 g/mol. The van der Waals surface area contributed by atoms with Crippen LogP contribution < -0.4 is 5.32 Å². The fraction of sp³-hybridized carbons (Fsp3) is 0.917. The number of nitrogens with one attached hydrogen (secondary N) is 1. The Morgan fingerprint density at radius 2 is 1.67 bits per heavy atom. The van der Waals surface area contributed by atoms with Crippen LogP contribution in [0.4, 0.5) is 9.59 Å². The molecule has 0 saturated carbocycles. The van der Waals surface area contributed by atoms with Crippen molar-refractivity contribution in [2.75, 3.05) is 52.9 Å². The van der Waals surface area contributed by atoms with Gasteiger partial charge in [-0.3, -0.25) is 9.69 Å². The maximum Gasteiger partial charge on any atom is 0.410 e. The maximum atomic E-state index is 13.6. The Kier molecular flexibility index (Phi) is 10.2. The molecule has 0 radical (unpaired) electrons. The molecule has 260 valence electrons. The number of carbonyl (C=O) groups is 3. The van der Waals surface area contributed by atoms with E-state index in [1.165, 1.54) is 7.11 Å². The molecule has 2 bridgehead atoms. The van der Waals surface area contributed by atoms with E-state index in [-0.39, 0.29) is 47.4 Å². The Hall–Kier alpha value is -2.07. The van der Waals surface area contributed by atoms with Crippen LogP contribution in [0, 0.1) is 23.7 Å². The van der Waals surface area contributed by atoms with Crippen LogP contribution in [0.2, 0.25) is 0 Å². The van der Waals surface area contributed by atoms with E-state index in [2.05, 4.69) is 42.8 Å². The Morgan fingerprint density at radius 3 is 2.28 bits per heavy atom. The first kappa shape index (κ1) is 33.8. The van der Waals surface area contributed by atoms with Crippen molar-refractivity contribution in [3.05, 3.63) is 0 Å². The van der Waals surface area contributed by atoms with Crippen LogP contribution >= 0.6 is 0 Å². The van der Waals surface area contributed by atoms with E-state index in [0.29, 0.717) is 23.7 Å². The van der Waals surface area contributed by atoms with E-state index >= 15 is 0 Å². The Bertz CT molecular complexity index is 1080. The largest absolute Gasteiger partial charge is 0.453 e. The summed E-state index contributed by atoms with van der Waals surface area (Å²) in [5, 5.41) is 3.52. The summed E-state index contributed by atoms with van der Waals surface area (Å²) in [4.78, 5) is 48.3. The smallest absolute Gasteiger partial charge is 0.410 e. The quantitative estimate of drug-likeness (QED) is 0.413. The minimum Gasteiger partial charge on any atom is -0.453 e. The zero-order valence-electron chi connectivity index (χ0n) is 29.3. The highest BCUT2D eigenvalue weighted by atomic mass is 16.6. The highest BCUT2D eigenvalue weighted by molar-refractivity contribution is 5.80. The minimum atomic E-state index is -0.375. The first-order valence-corrected chi connectivity index (χ1v) is 18.7. The summed E-state index contributed by atoms with van der Waals surface area (Å²) in [7, 11) is 1.47. The second-order valence-electron chi connectivity index (χ2n) is 16.1. The van der Waals surface area contributed by atoms with Crippen LogP contribution in [0.1, 0.15) is 105 Å². The summed E-state index contributed by atoms with van der Waals surface area (Å²) in [6, 6.07) is 0.699. The van der Waals surface area contributed by atoms with Gasteiger partial charge in [0.25, 0.3) is 0 Å². The maximum absolute atomic E-state index is 13.6. The van der Waals surface area contributed by atoms with E-state index in [0.717, 1.165) is 123 Å². The molecule has 6 heterocycles. The van der Waals surface area contributed by atoms with E-state index < -0.39 is 0 Å². The molecule has 0 aromatic rings. The van der Waals surface area contributed by atoms with E-state index in [1.54, 1.807) is 0 Å². The van der Waals surface area contributed by atoms with Gasteiger partial charge in [-0.1, -0.05) is 26.7 Å². The van der Waals surface area contributed by atoms with Gasteiger partial charge in [0, 0.05) is 81.7 Å². The molecule has 1 N–H and O–H groups in total. The van der Waals surface area contributed by atoms with Crippen LogP contribution in [0.3, 0.4) is 0 Å². The summed E-state index contributed by atoms with van der Waals surface area (Å²) in [5.74, 6) is 1.59. The molecule has 6 aliphatic heterocycles. The van der Waals surface area contributed by atoms with Crippen LogP contribution in [-0.2, 0) is 14.3 Å². The normalized spacial score (nSPS) is 36.1. The number of nitrogens with zero attached hydrogens (tertiary/aromatic N) is 4. The molecule has 3 amide bonds. The molecule has 6 saturated heterocycles. The van der Waals surface area contributed by atoms with Gasteiger partial charge in [-0.25, -0.2) is 9.59 Å². The fourth-order valence-electron chi connectivity index (χ4n) is 10.4. The number of carbonyl (C=O) groups excluding carboxylic acids is 3. The number of methoxy groups -OCH3 is 1. The molecule has 6 rings (SSSR count). The number of fused-ring (bicyclic) bond motifs is 2. The predicted molar refractivity (Wildman–Crippen MR) is 177 cm³/mol. The summed E-state index contributed by atoms with van der Waals surface area (Å²) in [5.41, 5.74) is -0.303. The Balaban J connectivity index is 1.04. The third kappa shape index (κ3) is 6.50. The molecular weight excluding hydrogens is 582 g/mol. The first-order chi connectivity index (χ1) is 22.1. The van der Waals surface area contributed by atoms with Crippen LogP contribution in [-0.4, -0.2) is 120 Å². The van der Waals surface area contributed by atoms with Crippen molar-refractivity contribution in [2.45, 2.75) is 134 Å². The van der Waals surface area contributed by atoms with Crippen molar-refractivity contribution >= 4 is 18.1 Å². The predicted octanol–water partition coefficient (Wildman–Crippen LogP) is 5.10. The van der Waals surface area contributed by atoms with E-state index in [1.807, 2.05) is 9.80 Å². The molecule has 6 fully saturated rings. The van der Waals surface area contributed by atoms with Gasteiger partial charge in [0.1, 0.15) is 5.60 Å². The lowest BCUT2D eigenvalue weighted by molar-refractivity contribution is -0.145. The molecule has 7 atom stereocenters. The first-order valence-electron chi connectivity index (χ1n) is 18.7. The molecule has 6 aliphatic rings. The van der Waals surface area contributed by atoms with Crippen LogP contribution in [0.25, 0.3) is 0 Å². The Morgan fingerprint density at radius 1 is 1.00 bits per heavy atom. The lowest BCUT2D eigenvalue weighted by atomic mass is 9.74. The van der Waals surface area contributed by atoms with Gasteiger partial charge in [0.2, 0.25) is 5.91 Å². The highest BCUT2D eigenvalue weighted by Gasteiger charge is 2.53. The molecule has 3 unspecified atom stereocenters. The van der Waals surface area contributed by atoms with Crippen molar-refractivity contribution in [3.8, 4) is 0 Å². The zero-order chi connectivity index (χ0) is 32.6. The second kappa shape index (κ2) is 13.8. The van der Waals surface area contributed by atoms with Gasteiger partial charge < -0.3 is 29.5 Å². The van der Waals surface area contributed by atoms with E-state index in [9.17, 15) is 14.4 Å². The Labute approximate surface area is 277 Å². The van der Waals surface area contributed by atoms with Crippen molar-refractivity contribution in [1.82, 2.24) is 24.9 Å². The average Bonchev–Trinajstić information content (AvgIpc) is 3.31. The van der Waals surface area contributed by atoms with Crippen molar-refractivity contribution in [3.63, 3.8) is 0 Å². The van der Waals surface area contributed by atoms with Gasteiger partial charge >= 0.3 is 12.2 Å². The third-order valence-corrected chi connectivity index (χ3v) is 13.4. The number of likely N-dealkylation sites (tertiary alicyclic amines) is 2.